The van der Waals surface area contributed by atoms with E-state index in [1.165, 1.54) is 20.8 Å². The molecule has 3 fully saturated rings. The van der Waals surface area contributed by atoms with Gasteiger partial charge in [0.15, 0.2) is 25.9 Å². The molecule has 14 nitrogen and oxygen atoms in total. The van der Waals surface area contributed by atoms with Crippen LogP contribution < -0.4 is 0 Å². The maximum Gasteiger partial charge on any atom is 0.344 e. The molecule has 0 heterocycles. The summed E-state index contributed by atoms with van der Waals surface area (Å²) in [5.74, 6) is -4.64. The number of ketones is 1. The fraction of sp³-hybridized carbons (Fsp3) is 0.786. The van der Waals surface area contributed by atoms with E-state index >= 15 is 0 Å². The number of allylic oxidation sites excluding steroid dienone is 1. The van der Waals surface area contributed by atoms with Gasteiger partial charge in [-0.1, -0.05) is 52.7 Å². The molecule has 4 rings (SSSR count). The SMILES string of the molecule is CC(=O)OCC(=O)O[C@@H](C[C@@H](C)C1=C2C[C@H](OC(=O)COC(C)=O)[C@H]3[C@@]4(C)CCC(=O)C(C)(C)[C@@H]4CC[C@]3(C)[C@@]2(C)CC1)[C@@H](OC(=O)COC(C)=O)C(C)(C)O. The molecule has 314 valence electrons. The highest BCUT2D eigenvalue weighted by atomic mass is 16.6. The lowest BCUT2D eigenvalue weighted by Gasteiger charge is -2.69. The molecule has 4 aliphatic rings. The molecule has 0 radical (unpaired) electrons. The van der Waals surface area contributed by atoms with Gasteiger partial charge in [0.25, 0.3) is 0 Å². The van der Waals surface area contributed by atoms with Crippen LogP contribution in [0.15, 0.2) is 11.1 Å². The fourth-order valence-electron chi connectivity index (χ4n) is 11.2. The Bertz CT molecular complexity index is 1620. The molecule has 0 saturated heterocycles. The second kappa shape index (κ2) is 16.6. The normalized spacial score (nSPS) is 31.0. The van der Waals surface area contributed by atoms with Gasteiger partial charge in [-0.15, -0.1) is 0 Å². The van der Waals surface area contributed by atoms with Crippen LogP contribution in [0.1, 0.15) is 128 Å². The van der Waals surface area contributed by atoms with E-state index in [0.717, 1.165) is 44.3 Å². The minimum atomic E-state index is -1.74. The molecule has 4 aliphatic carbocycles. The summed E-state index contributed by atoms with van der Waals surface area (Å²) < 4.78 is 32.5. The predicted octanol–water partition coefficient (Wildman–Crippen LogP) is 5.14. The maximum absolute atomic E-state index is 13.4. The molecule has 0 aromatic heterocycles. The van der Waals surface area contributed by atoms with Crippen LogP contribution in [0, 0.1) is 39.4 Å². The van der Waals surface area contributed by atoms with Crippen LogP contribution in [0.3, 0.4) is 0 Å². The quantitative estimate of drug-likeness (QED) is 0.138. The monoisotopic (exact) mass is 790 g/mol. The van der Waals surface area contributed by atoms with Crippen molar-refractivity contribution in [2.45, 2.75) is 151 Å². The van der Waals surface area contributed by atoms with Crippen molar-refractivity contribution in [3.05, 3.63) is 11.1 Å². The number of aliphatic hydroxyl groups is 1. The first-order valence-electron chi connectivity index (χ1n) is 19.7. The Labute approximate surface area is 330 Å². The van der Waals surface area contributed by atoms with E-state index in [0.29, 0.717) is 25.7 Å². The summed E-state index contributed by atoms with van der Waals surface area (Å²) in [5, 5.41) is 11.3. The Morgan fingerprint density at radius 2 is 1.32 bits per heavy atom. The number of fused-ring (bicyclic) bond motifs is 5. The number of Topliss-reactive ketones (excluding diaryl/α,β-unsaturated/α-hetero) is 1. The van der Waals surface area contributed by atoms with E-state index in [2.05, 4.69) is 20.8 Å². The van der Waals surface area contributed by atoms with E-state index in [-0.39, 0.29) is 46.2 Å². The molecule has 14 heteroatoms. The Balaban J connectivity index is 1.77. The van der Waals surface area contributed by atoms with Crippen LogP contribution in [0.25, 0.3) is 0 Å². The summed E-state index contributed by atoms with van der Waals surface area (Å²) in [6, 6.07) is 0. The van der Waals surface area contributed by atoms with E-state index in [1.54, 1.807) is 0 Å². The zero-order valence-electron chi connectivity index (χ0n) is 35.0. The molecule has 1 N–H and O–H groups in total. The van der Waals surface area contributed by atoms with Crippen LogP contribution in [-0.4, -0.2) is 90.4 Å². The van der Waals surface area contributed by atoms with Crippen LogP contribution in [0.4, 0.5) is 0 Å². The van der Waals surface area contributed by atoms with Crippen molar-refractivity contribution < 1.29 is 67.1 Å². The number of carbonyl (C=O) groups is 7. The topological polar surface area (TPSA) is 195 Å². The molecule has 3 saturated carbocycles. The Hall–Kier alpha value is -3.81. The van der Waals surface area contributed by atoms with Gasteiger partial charge in [-0.2, -0.15) is 0 Å². The van der Waals surface area contributed by atoms with Crippen molar-refractivity contribution in [3.8, 4) is 0 Å². The molecule has 0 aromatic rings. The van der Waals surface area contributed by atoms with E-state index in [4.69, 9.17) is 28.4 Å². The summed E-state index contributed by atoms with van der Waals surface area (Å²) in [6.45, 7) is 17.2. The summed E-state index contributed by atoms with van der Waals surface area (Å²) in [6.07, 6.45) is 1.48. The third-order valence-corrected chi connectivity index (χ3v) is 13.8. The maximum atomic E-state index is 13.4. The van der Waals surface area contributed by atoms with Crippen molar-refractivity contribution in [1.82, 2.24) is 0 Å². The van der Waals surface area contributed by atoms with Crippen molar-refractivity contribution in [2.75, 3.05) is 19.8 Å². The van der Waals surface area contributed by atoms with Gasteiger partial charge in [-0.3, -0.25) is 19.2 Å². The third kappa shape index (κ3) is 9.00. The van der Waals surface area contributed by atoms with Crippen LogP contribution in [-0.2, 0) is 62.0 Å². The van der Waals surface area contributed by atoms with Gasteiger partial charge in [0.05, 0.1) is 5.60 Å². The Kier molecular flexibility index (Phi) is 13.3. The summed E-state index contributed by atoms with van der Waals surface area (Å²) in [7, 11) is 0. The highest BCUT2D eigenvalue weighted by Crippen LogP contribution is 2.74. The summed E-state index contributed by atoms with van der Waals surface area (Å²) in [5.41, 5.74) is -1.14. The number of ether oxygens (including phenoxy) is 6. The van der Waals surface area contributed by atoms with Crippen LogP contribution in [0.2, 0.25) is 0 Å². The molecule has 9 atom stereocenters. The highest BCUT2D eigenvalue weighted by molar-refractivity contribution is 5.85. The number of hydrogen-bond acceptors (Lipinski definition) is 14. The molecule has 0 spiro atoms. The van der Waals surface area contributed by atoms with Crippen LogP contribution >= 0.6 is 0 Å². The predicted molar refractivity (Wildman–Crippen MR) is 199 cm³/mol. The zero-order chi connectivity index (χ0) is 42.2. The fourth-order valence-corrected chi connectivity index (χ4v) is 11.2. The van der Waals surface area contributed by atoms with E-state index in [1.807, 2.05) is 20.8 Å². The van der Waals surface area contributed by atoms with Crippen molar-refractivity contribution in [2.24, 2.45) is 39.4 Å². The van der Waals surface area contributed by atoms with Gasteiger partial charge in [-0.05, 0) is 80.5 Å². The molecule has 0 aromatic carbocycles. The van der Waals surface area contributed by atoms with Crippen molar-refractivity contribution >= 4 is 41.6 Å². The van der Waals surface area contributed by atoms with E-state index in [9.17, 15) is 38.7 Å². The van der Waals surface area contributed by atoms with Gasteiger partial charge in [-0.25, -0.2) is 14.4 Å². The van der Waals surface area contributed by atoms with Crippen molar-refractivity contribution in [1.29, 1.82) is 0 Å². The highest BCUT2D eigenvalue weighted by Gasteiger charge is 2.70. The Morgan fingerprint density at radius 1 is 0.786 bits per heavy atom. The lowest BCUT2D eigenvalue weighted by molar-refractivity contribution is -0.219. The van der Waals surface area contributed by atoms with Crippen LogP contribution in [0.5, 0.6) is 0 Å². The first-order valence-corrected chi connectivity index (χ1v) is 19.7. The van der Waals surface area contributed by atoms with Gasteiger partial charge >= 0.3 is 35.8 Å². The number of carbonyl (C=O) groups excluding carboxylic acids is 7. The summed E-state index contributed by atoms with van der Waals surface area (Å²) >= 11 is 0. The smallest absolute Gasteiger partial charge is 0.344 e. The molecule has 0 bridgehead atoms. The number of hydrogen-bond donors (Lipinski definition) is 1. The second-order valence-corrected chi connectivity index (χ2v) is 18.3. The molecular weight excluding hydrogens is 728 g/mol. The average Bonchev–Trinajstić information content (AvgIpc) is 3.43. The standard InChI is InChI=1S/C42H62O14/c1-23(18-30(55-34(48)21-52-25(3)44)37(39(7,8)50)56-35(49)22-53-26(4)45)27-12-16-41(10)28(27)19-29(54-33(47)20-51-24(2)43)36-40(9)15-14-32(46)38(5,6)31(40)13-17-42(36,41)11/h23,29-31,36-37,50H,12-22H2,1-11H3/t23-,29+,30+,31+,36+,37-,40+,41+,42+/m1/s1. The first kappa shape index (κ1) is 44.9. The first-order chi connectivity index (χ1) is 25.8. The second-order valence-electron chi connectivity index (χ2n) is 18.3. The van der Waals surface area contributed by atoms with E-state index < -0.39 is 85.0 Å². The van der Waals surface area contributed by atoms with Gasteiger partial charge in [0.2, 0.25) is 0 Å². The molecule has 56 heavy (non-hydrogen) atoms. The molecular formula is C42H62O14. The molecule has 0 amide bonds. The average molecular weight is 791 g/mol. The van der Waals surface area contributed by atoms with Crippen molar-refractivity contribution in [3.63, 3.8) is 0 Å². The minimum Gasteiger partial charge on any atom is -0.459 e. The summed E-state index contributed by atoms with van der Waals surface area (Å²) in [4.78, 5) is 87.1. The number of esters is 6. The van der Waals surface area contributed by atoms with Gasteiger partial charge in [0, 0.05) is 44.9 Å². The minimum absolute atomic E-state index is 0.0719. The lowest BCUT2D eigenvalue weighted by atomic mass is 9.36. The zero-order valence-corrected chi connectivity index (χ0v) is 35.0. The lowest BCUT2D eigenvalue weighted by Crippen LogP contribution is -2.66. The molecule has 0 aliphatic heterocycles. The van der Waals surface area contributed by atoms with Gasteiger partial charge < -0.3 is 33.5 Å². The largest absolute Gasteiger partial charge is 0.459 e. The van der Waals surface area contributed by atoms with Gasteiger partial charge in [0.1, 0.15) is 18.0 Å². The third-order valence-electron chi connectivity index (χ3n) is 13.8. The number of rotatable bonds is 14. The Morgan fingerprint density at radius 3 is 1.86 bits per heavy atom. The molecule has 0 unspecified atom stereocenters.